The topological polar surface area (TPSA) is 34.6 Å². The smallest absolute Gasteiger partial charge is 0.216 e. The van der Waals surface area contributed by atoms with E-state index in [0.29, 0.717) is 24.3 Å². The first kappa shape index (κ1) is 18.0. The second kappa shape index (κ2) is 7.39. The standard InChI is InChI=1S/C24H23FN2O2/c1-28-19-10-7-17(8-11-19)27-18-9-12-21(27)23-20(13-18)24(25)26-14-22(23)29-15-16-5-3-2-4-6-16/h2-8,10-11,14,18,21H,9,12-13,15H2,1H3/t18-,21+/m0/s1. The quantitative estimate of drug-likeness (QED) is 0.570. The van der Waals surface area contributed by atoms with Crippen LogP contribution in [0.25, 0.3) is 0 Å². The lowest BCUT2D eigenvalue weighted by Gasteiger charge is -2.38. The van der Waals surface area contributed by atoms with Crippen LogP contribution in [-0.4, -0.2) is 18.1 Å². The Hall–Kier alpha value is -3.08. The fourth-order valence-corrected chi connectivity index (χ4v) is 4.68. The third kappa shape index (κ3) is 3.20. The molecule has 0 saturated carbocycles. The summed E-state index contributed by atoms with van der Waals surface area (Å²) >= 11 is 0. The number of rotatable bonds is 5. The molecule has 148 valence electrons. The minimum absolute atomic E-state index is 0.0976. The van der Waals surface area contributed by atoms with Crippen LogP contribution in [-0.2, 0) is 13.0 Å². The summed E-state index contributed by atoms with van der Waals surface area (Å²) in [6.45, 7) is 0.444. The van der Waals surface area contributed by atoms with E-state index in [9.17, 15) is 4.39 Å². The summed E-state index contributed by atoms with van der Waals surface area (Å²) in [6, 6.07) is 18.5. The number of nitrogens with zero attached hydrogens (tertiary/aromatic N) is 2. The molecular formula is C24H23FN2O2. The summed E-state index contributed by atoms with van der Waals surface area (Å²) in [5, 5.41) is 0. The van der Waals surface area contributed by atoms with E-state index < -0.39 is 0 Å². The van der Waals surface area contributed by atoms with E-state index in [0.717, 1.165) is 35.4 Å². The summed E-state index contributed by atoms with van der Waals surface area (Å²) in [7, 11) is 1.67. The number of benzene rings is 2. The minimum Gasteiger partial charge on any atom is -0.497 e. The zero-order valence-corrected chi connectivity index (χ0v) is 16.3. The number of anilines is 1. The van der Waals surface area contributed by atoms with Gasteiger partial charge in [0.1, 0.15) is 18.1 Å². The van der Waals surface area contributed by atoms with Crippen LogP contribution < -0.4 is 14.4 Å². The molecule has 0 aliphatic carbocycles. The molecule has 0 radical (unpaired) electrons. The summed E-state index contributed by atoms with van der Waals surface area (Å²) in [4.78, 5) is 6.41. The molecule has 2 bridgehead atoms. The zero-order valence-electron chi connectivity index (χ0n) is 16.3. The van der Waals surface area contributed by atoms with E-state index in [2.05, 4.69) is 22.0 Å². The summed E-state index contributed by atoms with van der Waals surface area (Å²) < 4.78 is 26.1. The molecule has 3 heterocycles. The first-order valence-corrected chi connectivity index (χ1v) is 10.0. The highest BCUT2D eigenvalue weighted by molar-refractivity contribution is 5.58. The maximum Gasteiger partial charge on any atom is 0.216 e. The highest BCUT2D eigenvalue weighted by atomic mass is 19.1. The van der Waals surface area contributed by atoms with E-state index in [1.54, 1.807) is 13.3 Å². The van der Waals surface area contributed by atoms with Crippen molar-refractivity contribution in [2.75, 3.05) is 12.0 Å². The van der Waals surface area contributed by atoms with Crippen LogP contribution in [0.4, 0.5) is 10.1 Å². The van der Waals surface area contributed by atoms with Crippen LogP contribution >= 0.6 is 0 Å². The molecule has 5 heteroatoms. The van der Waals surface area contributed by atoms with Gasteiger partial charge in [-0.15, -0.1) is 0 Å². The summed E-state index contributed by atoms with van der Waals surface area (Å²) in [6.07, 6.45) is 4.21. The summed E-state index contributed by atoms with van der Waals surface area (Å²) in [5.74, 6) is 1.16. The molecule has 1 aromatic heterocycles. The Balaban J connectivity index is 1.49. The average molecular weight is 390 g/mol. The number of pyridine rings is 1. The third-order valence-corrected chi connectivity index (χ3v) is 6.02. The molecule has 5 rings (SSSR count). The van der Waals surface area contributed by atoms with Crippen molar-refractivity contribution in [2.24, 2.45) is 0 Å². The molecule has 29 heavy (non-hydrogen) atoms. The van der Waals surface area contributed by atoms with Crippen molar-refractivity contribution >= 4 is 5.69 Å². The van der Waals surface area contributed by atoms with E-state index in [-0.39, 0.29) is 18.0 Å². The van der Waals surface area contributed by atoms with Crippen molar-refractivity contribution in [1.29, 1.82) is 0 Å². The van der Waals surface area contributed by atoms with Gasteiger partial charge in [-0.25, -0.2) is 4.98 Å². The van der Waals surface area contributed by atoms with Gasteiger partial charge in [0.2, 0.25) is 5.95 Å². The first-order valence-electron chi connectivity index (χ1n) is 10.0. The molecular weight excluding hydrogens is 367 g/mol. The van der Waals surface area contributed by atoms with Crippen molar-refractivity contribution in [3.8, 4) is 11.5 Å². The number of aromatic nitrogens is 1. The van der Waals surface area contributed by atoms with Crippen LogP contribution in [0, 0.1) is 5.95 Å². The van der Waals surface area contributed by atoms with Crippen molar-refractivity contribution in [1.82, 2.24) is 4.98 Å². The van der Waals surface area contributed by atoms with Gasteiger partial charge in [-0.3, -0.25) is 0 Å². The predicted octanol–water partition coefficient (Wildman–Crippen LogP) is 5.07. The first-order chi connectivity index (χ1) is 14.2. The molecule has 4 nitrogen and oxygen atoms in total. The molecule has 3 aromatic rings. The predicted molar refractivity (Wildman–Crippen MR) is 110 cm³/mol. The molecule has 0 N–H and O–H groups in total. The molecule has 1 saturated heterocycles. The average Bonchev–Trinajstić information content (AvgIpc) is 3.08. The van der Waals surface area contributed by atoms with Gasteiger partial charge in [-0.2, -0.15) is 4.39 Å². The Morgan fingerprint density at radius 1 is 1.07 bits per heavy atom. The van der Waals surface area contributed by atoms with Crippen molar-refractivity contribution in [3.63, 3.8) is 0 Å². The van der Waals surface area contributed by atoms with Crippen LogP contribution in [0.3, 0.4) is 0 Å². The minimum atomic E-state index is -0.363. The van der Waals surface area contributed by atoms with Crippen LogP contribution in [0.2, 0.25) is 0 Å². The second-order valence-corrected chi connectivity index (χ2v) is 7.64. The van der Waals surface area contributed by atoms with Gasteiger partial charge in [0.15, 0.2) is 0 Å². The Morgan fingerprint density at radius 3 is 2.62 bits per heavy atom. The lowest BCUT2D eigenvalue weighted by atomic mass is 9.93. The van der Waals surface area contributed by atoms with Gasteiger partial charge in [0.25, 0.3) is 0 Å². The molecule has 2 atom stereocenters. The lowest BCUT2D eigenvalue weighted by Crippen LogP contribution is -2.38. The van der Waals surface area contributed by atoms with Gasteiger partial charge in [-0.05, 0) is 49.1 Å². The van der Waals surface area contributed by atoms with Crippen LogP contribution in [0.15, 0.2) is 60.8 Å². The van der Waals surface area contributed by atoms with Crippen LogP contribution in [0.5, 0.6) is 11.5 Å². The van der Waals surface area contributed by atoms with Crippen molar-refractivity contribution in [2.45, 2.75) is 38.0 Å². The second-order valence-electron chi connectivity index (χ2n) is 7.64. The van der Waals surface area contributed by atoms with E-state index in [1.165, 1.54) is 0 Å². The number of ether oxygens (including phenoxy) is 2. The fourth-order valence-electron chi connectivity index (χ4n) is 4.68. The highest BCUT2D eigenvalue weighted by Gasteiger charge is 2.43. The normalized spacial score (nSPS) is 19.7. The fraction of sp³-hybridized carbons (Fsp3) is 0.292. The number of methoxy groups -OCH3 is 1. The van der Waals surface area contributed by atoms with Crippen molar-refractivity contribution in [3.05, 3.63) is 83.4 Å². The number of hydrogen-bond donors (Lipinski definition) is 0. The Kier molecular flexibility index (Phi) is 4.58. The largest absolute Gasteiger partial charge is 0.497 e. The Morgan fingerprint density at radius 2 is 1.86 bits per heavy atom. The number of halogens is 1. The number of fused-ring (bicyclic) bond motifs is 4. The van der Waals surface area contributed by atoms with E-state index in [1.807, 2.05) is 42.5 Å². The monoisotopic (exact) mass is 390 g/mol. The SMILES string of the molecule is COc1ccc(N2[C@H]3CC[C@@H]2c2c(OCc4ccccc4)cnc(F)c2C3)cc1. The molecule has 2 aliphatic heterocycles. The zero-order chi connectivity index (χ0) is 19.8. The van der Waals surface area contributed by atoms with E-state index in [4.69, 9.17) is 9.47 Å². The maximum absolute atomic E-state index is 14.6. The molecule has 0 spiro atoms. The lowest BCUT2D eigenvalue weighted by molar-refractivity contribution is 0.296. The highest BCUT2D eigenvalue weighted by Crippen LogP contribution is 2.49. The molecule has 0 amide bonds. The molecule has 2 aliphatic rings. The van der Waals surface area contributed by atoms with Gasteiger partial charge in [0, 0.05) is 22.9 Å². The molecule has 2 aromatic carbocycles. The molecule has 0 unspecified atom stereocenters. The summed E-state index contributed by atoms with van der Waals surface area (Å²) in [5.41, 5.74) is 3.89. The number of hydrogen-bond acceptors (Lipinski definition) is 4. The van der Waals surface area contributed by atoms with E-state index >= 15 is 0 Å². The Bertz CT molecular complexity index is 1010. The third-order valence-electron chi connectivity index (χ3n) is 6.02. The van der Waals surface area contributed by atoms with Crippen molar-refractivity contribution < 1.29 is 13.9 Å². The molecule has 1 fully saturated rings. The maximum atomic E-state index is 14.6. The van der Waals surface area contributed by atoms with Gasteiger partial charge >= 0.3 is 0 Å². The van der Waals surface area contributed by atoms with Gasteiger partial charge in [-0.1, -0.05) is 30.3 Å². The van der Waals surface area contributed by atoms with Crippen LogP contribution in [0.1, 0.15) is 35.6 Å². The van der Waals surface area contributed by atoms with Gasteiger partial charge in [0.05, 0.1) is 19.3 Å². The Labute approximate surface area is 169 Å². The van der Waals surface area contributed by atoms with Gasteiger partial charge < -0.3 is 14.4 Å².